The van der Waals surface area contributed by atoms with Crippen molar-refractivity contribution in [1.82, 2.24) is 0 Å². The van der Waals surface area contributed by atoms with Gasteiger partial charge in [-0.1, -0.05) is 36.4 Å². The average molecular weight is 531 g/mol. The molecule has 2 atom stereocenters. The second-order valence-corrected chi connectivity index (χ2v) is 8.59. The largest absolute Gasteiger partial charge is 0.435 e. The number of anilines is 1. The van der Waals surface area contributed by atoms with Gasteiger partial charge in [-0.25, -0.2) is 0 Å². The highest BCUT2D eigenvalue weighted by molar-refractivity contribution is 5.76. The van der Waals surface area contributed by atoms with Crippen LogP contribution in [0.3, 0.4) is 0 Å². The van der Waals surface area contributed by atoms with E-state index in [9.17, 15) is 40.2 Å². The maximum atomic E-state index is 13.3. The number of fused-ring (bicyclic) bond motifs is 1. The minimum atomic E-state index is -4.91. The van der Waals surface area contributed by atoms with Crippen LogP contribution < -0.4 is 9.64 Å². The van der Waals surface area contributed by atoms with E-state index >= 15 is 0 Å². The van der Waals surface area contributed by atoms with Gasteiger partial charge in [-0.2, -0.15) is 35.1 Å². The van der Waals surface area contributed by atoms with Crippen molar-refractivity contribution in [2.24, 2.45) is 0 Å². The number of ether oxygens (including phenoxy) is 1. The first-order chi connectivity index (χ1) is 17.3. The fraction of sp³-hybridized carbons (Fsp3) is 0.308. The van der Waals surface area contributed by atoms with Crippen molar-refractivity contribution < 1.29 is 45.0 Å². The zero-order valence-corrected chi connectivity index (χ0v) is 19.0. The third-order valence-electron chi connectivity index (χ3n) is 6.24. The summed E-state index contributed by atoms with van der Waals surface area (Å²) >= 11 is 0. The molecule has 0 spiro atoms. The van der Waals surface area contributed by atoms with Crippen LogP contribution in [-0.4, -0.2) is 30.5 Å². The van der Waals surface area contributed by atoms with Gasteiger partial charge in [0.1, 0.15) is 5.75 Å². The molecule has 1 heterocycles. The number of β-amino-alcohol motifs (C(OH)–C–C–N with tert-alkyl or cyclic N) is 1. The van der Waals surface area contributed by atoms with Crippen LogP contribution in [0.2, 0.25) is 0 Å². The number of hydrogen-bond acceptors (Lipinski definition) is 3. The predicted molar refractivity (Wildman–Crippen MR) is 120 cm³/mol. The van der Waals surface area contributed by atoms with Crippen molar-refractivity contribution in [1.29, 1.82) is 0 Å². The molecule has 1 aliphatic rings. The fourth-order valence-electron chi connectivity index (χ4n) is 4.58. The maximum Gasteiger partial charge on any atom is 0.416 e. The van der Waals surface area contributed by atoms with Gasteiger partial charge in [-0.15, -0.1) is 0 Å². The molecule has 0 fully saturated rings. The summed E-state index contributed by atoms with van der Waals surface area (Å²) < 4.78 is 109. The third-order valence-corrected chi connectivity index (χ3v) is 6.24. The molecular weight excluding hydrogens is 510 g/mol. The molecule has 0 aromatic heterocycles. The molecule has 4 rings (SSSR count). The lowest BCUT2D eigenvalue weighted by atomic mass is 9.86. The van der Waals surface area contributed by atoms with Crippen molar-refractivity contribution in [2.75, 3.05) is 11.4 Å². The summed E-state index contributed by atoms with van der Waals surface area (Å²) in [5, 5.41) is 9.90. The Bertz CT molecular complexity index is 1220. The zero-order chi connectivity index (χ0) is 27.0. The number of aliphatic hydroxyl groups is 1. The van der Waals surface area contributed by atoms with E-state index in [0.29, 0.717) is 34.4 Å². The average Bonchev–Trinajstić information content (AvgIpc) is 2.82. The van der Waals surface area contributed by atoms with Gasteiger partial charge in [-0.05, 0) is 65.4 Å². The normalized spacial score (nSPS) is 17.0. The summed E-state index contributed by atoms with van der Waals surface area (Å²) in [5.41, 5.74) is 1.54. The molecule has 0 saturated heterocycles. The first-order valence-electron chi connectivity index (χ1n) is 11.2. The van der Waals surface area contributed by atoms with Gasteiger partial charge in [0.2, 0.25) is 0 Å². The lowest BCUT2D eigenvalue weighted by Gasteiger charge is -2.41. The molecule has 11 heteroatoms. The Morgan fingerprint density at radius 3 is 2.22 bits per heavy atom. The molecule has 0 radical (unpaired) electrons. The molecular formula is C26H21F8NO2. The highest BCUT2D eigenvalue weighted by Crippen LogP contribution is 2.44. The van der Waals surface area contributed by atoms with Crippen molar-refractivity contribution in [3.05, 3.63) is 83.4 Å². The van der Waals surface area contributed by atoms with Gasteiger partial charge >= 0.3 is 19.0 Å². The summed E-state index contributed by atoms with van der Waals surface area (Å²) in [5.74, 6) is -0.159. The van der Waals surface area contributed by atoms with Gasteiger partial charge in [0.05, 0.1) is 18.2 Å². The number of rotatable bonds is 6. The molecule has 3 aromatic rings. The minimum Gasteiger partial charge on any atom is -0.435 e. The Morgan fingerprint density at radius 2 is 1.59 bits per heavy atom. The predicted octanol–water partition coefficient (Wildman–Crippen LogP) is 7.39. The van der Waals surface area contributed by atoms with Crippen LogP contribution in [0.1, 0.15) is 29.2 Å². The molecule has 3 aromatic carbocycles. The van der Waals surface area contributed by atoms with E-state index < -0.39 is 43.2 Å². The highest BCUT2D eigenvalue weighted by atomic mass is 19.4. The third kappa shape index (κ3) is 5.98. The van der Waals surface area contributed by atoms with E-state index in [1.54, 1.807) is 24.3 Å². The fourth-order valence-corrected chi connectivity index (χ4v) is 4.58. The number of halogens is 8. The van der Waals surface area contributed by atoms with Crippen LogP contribution in [0, 0.1) is 0 Å². The van der Waals surface area contributed by atoms with E-state index in [1.165, 1.54) is 35.2 Å². The second kappa shape index (κ2) is 10.2. The smallest absolute Gasteiger partial charge is 0.416 e. The number of nitrogens with zero attached hydrogens (tertiary/aromatic N) is 1. The van der Waals surface area contributed by atoms with E-state index in [0.717, 1.165) is 12.1 Å². The summed E-state index contributed by atoms with van der Waals surface area (Å²) in [4.78, 5) is 1.35. The van der Waals surface area contributed by atoms with Crippen LogP contribution in [-0.2, 0) is 12.6 Å². The minimum absolute atomic E-state index is 0.159. The number of alkyl halides is 8. The van der Waals surface area contributed by atoms with Crippen molar-refractivity contribution in [3.63, 3.8) is 0 Å². The molecule has 198 valence electrons. The van der Waals surface area contributed by atoms with Crippen molar-refractivity contribution in [3.8, 4) is 16.9 Å². The number of aliphatic hydroxyl groups excluding tert-OH is 1. The maximum absolute atomic E-state index is 13.3. The molecule has 1 N–H and O–H groups in total. The highest BCUT2D eigenvalue weighted by Gasteiger charge is 2.42. The van der Waals surface area contributed by atoms with Crippen LogP contribution >= 0.6 is 0 Å². The Kier molecular flexibility index (Phi) is 7.36. The first-order valence-corrected chi connectivity index (χ1v) is 11.2. The quantitative estimate of drug-likeness (QED) is 0.337. The van der Waals surface area contributed by atoms with Gasteiger partial charge in [0, 0.05) is 5.69 Å². The first kappa shape index (κ1) is 26.7. The van der Waals surface area contributed by atoms with Crippen LogP contribution in [0.15, 0.2) is 66.7 Å². The molecule has 0 bridgehead atoms. The Morgan fingerprint density at radius 1 is 0.919 bits per heavy atom. The monoisotopic (exact) mass is 531 g/mol. The van der Waals surface area contributed by atoms with Gasteiger partial charge < -0.3 is 14.7 Å². The molecule has 0 aliphatic carbocycles. The van der Waals surface area contributed by atoms with Crippen LogP contribution in [0.25, 0.3) is 11.1 Å². The van der Waals surface area contributed by atoms with Gasteiger partial charge in [0.15, 0.2) is 6.10 Å². The summed E-state index contributed by atoms with van der Waals surface area (Å²) in [6.07, 6.45) is -11.5. The Balaban J connectivity index is 1.76. The number of hydrogen-bond donors (Lipinski definition) is 1. The van der Waals surface area contributed by atoms with Crippen LogP contribution in [0.5, 0.6) is 5.75 Å². The van der Waals surface area contributed by atoms with Crippen LogP contribution in [0.4, 0.5) is 40.8 Å². The van der Waals surface area contributed by atoms with E-state index in [2.05, 4.69) is 4.74 Å². The van der Waals surface area contributed by atoms with Gasteiger partial charge in [-0.3, -0.25) is 0 Å². The summed E-state index contributed by atoms with van der Waals surface area (Å²) in [7, 11) is 0. The molecule has 0 amide bonds. The molecule has 2 unspecified atom stereocenters. The van der Waals surface area contributed by atoms with E-state index in [4.69, 9.17) is 0 Å². The molecule has 37 heavy (non-hydrogen) atoms. The second-order valence-electron chi connectivity index (χ2n) is 8.59. The molecule has 1 aliphatic heterocycles. The SMILES string of the molecule is OC(CN1c2cccc(-c3ccc(C(F)(F)F)cc3)c2CCC1c1cccc(OC(F)F)c1)C(F)(F)F. The Labute approximate surface area is 206 Å². The molecule has 3 nitrogen and oxygen atoms in total. The standard InChI is InChI=1S/C26H21F8NO2/c27-24(28)37-18-4-1-3-16(13-18)21-12-11-20-19(15-7-9-17(10-8-15)25(29,30)31)5-2-6-22(20)35(21)14-23(36)26(32,33)34/h1-10,13,21,23-24,36H,11-12,14H2. The number of benzene rings is 3. The lowest BCUT2D eigenvalue weighted by molar-refractivity contribution is -0.200. The summed E-state index contributed by atoms with van der Waals surface area (Å²) in [6.45, 7) is -3.92. The van der Waals surface area contributed by atoms with Crippen molar-refractivity contribution in [2.45, 2.75) is 44.0 Å². The summed E-state index contributed by atoms with van der Waals surface area (Å²) in [6, 6.07) is 14.2. The topological polar surface area (TPSA) is 32.7 Å². The Hall–Kier alpha value is -3.34. The zero-order valence-electron chi connectivity index (χ0n) is 19.0. The lowest BCUT2D eigenvalue weighted by Crippen LogP contribution is -2.44. The van der Waals surface area contributed by atoms with Crippen molar-refractivity contribution >= 4 is 5.69 Å². The van der Waals surface area contributed by atoms with E-state index in [1.807, 2.05) is 0 Å². The van der Waals surface area contributed by atoms with E-state index in [-0.39, 0.29) is 12.2 Å². The van der Waals surface area contributed by atoms with Gasteiger partial charge in [0.25, 0.3) is 0 Å². The molecule has 0 saturated carbocycles.